The highest BCUT2D eigenvalue weighted by Gasteiger charge is 2.27. The van der Waals surface area contributed by atoms with Gasteiger partial charge in [0.15, 0.2) is 5.69 Å². The van der Waals surface area contributed by atoms with E-state index in [0.717, 1.165) is 19.3 Å². The summed E-state index contributed by atoms with van der Waals surface area (Å²) in [7, 11) is 1.70. The molecule has 1 aliphatic carbocycles. The number of carbonyl (C=O) groups is 1. The monoisotopic (exact) mass is 237 g/mol. The molecule has 6 heteroatoms. The van der Waals surface area contributed by atoms with Crippen molar-refractivity contribution < 1.29 is 14.6 Å². The fourth-order valence-corrected chi connectivity index (χ4v) is 2.08. The first-order valence-electron chi connectivity index (χ1n) is 5.55. The third kappa shape index (κ3) is 2.71. The average molecular weight is 237 g/mol. The van der Waals surface area contributed by atoms with Gasteiger partial charge in [0.1, 0.15) is 5.82 Å². The predicted octanol–water partition coefficient (Wildman–Crippen LogP) is 1.15. The van der Waals surface area contributed by atoms with Gasteiger partial charge in [-0.2, -0.15) is 0 Å². The third-order valence-electron chi connectivity index (χ3n) is 2.96. The number of hydrogen-bond acceptors (Lipinski definition) is 5. The number of anilines is 1. The molecule has 0 radical (unpaired) electrons. The zero-order valence-electron chi connectivity index (χ0n) is 9.59. The van der Waals surface area contributed by atoms with E-state index in [1.165, 1.54) is 12.4 Å². The van der Waals surface area contributed by atoms with Gasteiger partial charge in [0.2, 0.25) is 0 Å². The topological polar surface area (TPSA) is 84.3 Å². The Balaban J connectivity index is 2.01. The molecule has 2 N–H and O–H groups in total. The van der Waals surface area contributed by atoms with Gasteiger partial charge < -0.3 is 15.2 Å². The summed E-state index contributed by atoms with van der Waals surface area (Å²) in [4.78, 5) is 18.4. The van der Waals surface area contributed by atoms with E-state index in [4.69, 9.17) is 9.84 Å². The van der Waals surface area contributed by atoms with Crippen molar-refractivity contribution in [2.45, 2.75) is 31.4 Å². The molecule has 6 nitrogen and oxygen atoms in total. The summed E-state index contributed by atoms with van der Waals surface area (Å²) in [6.45, 7) is 0. The number of carboxylic acids is 1. The van der Waals surface area contributed by atoms with Crippen LogP contribution in [0.15, 0.2) is 12.4 Å². The molecule has 0 aliphatic heterocycles. The molecule has 0 bridgehead atoms. The molecule has 17 heavy (non-hydrogen) atoms. The van der Waals surface area contributed by atoms with Crippen LogP contribution >= 0.6 is 0 Å². The van der Waals surface area contributed by atoms with Gasteiger partial charge in [-0.25, -0.2) is 14.8 Å². The number of nitrogens with one attached hydrogen (secondary N) is 1. The van der Waals surface area contributed by atoms with E-state index in [1.54, 1.807) is 7.11 Å². The van der Waals surface area contributed by atoms with Crippen LogP contribution in [0.25, 0.3) is 0 Å². The van der Waals surface area contributed by atoms with Crippen molar-refractivity contribution in [2.24, 2.45) is 0 Å². The van der Waals surface area contributed by atoms with Crippen molar-refractivity contribution >= 4 is 11.8 Å². The highest BCUT2D eigenvalue weighted by molar-refractivity contribution is 5.84. The molecule has 0 saturated heterocycles. The number of ether oxygens (including phenoxy) is 1. The molecule has 1 heterocycles. The Morgan fingerprint density at radius 1 is 1.47 bits per heavy atom. The minimum absolute atomic E-state index is 0.0507. The average Bonchev–Trinajstić information content (AvgIpc) is 2.77. The Labute approximate surface area is 99.0 Å². The Morgan fingerprint density at radius 2 is 2.29 bits per heavy atom. The molecule has 0 amide bonds. The van der Waals surface area contributed by atoms with Gasteiger partial charge in [-0.1, -0.05) is 0 Å². The zero-order chi connectivity index (χ0) is 12.3. The maximum atomic E-state index is 10.6. The zero-order valence-corrected chi connectivity index (χ0v) is 9.59. The lowest BCUT2D eigenvalue weighted by atomic mass is 10.2. The highest BCUT2D eigenvalue weighted by Crippen LogP contribution is 2.24. The van der Waals surface area contributed by atoms with Gasteiger partial charge in [-0.15, -0.1) is 0 Å². The van der Waals surface area contributed by atoms with Crippen molar-refractivity contribution in [3.05, 3.63) is 18.1 Å². The number of aromatic nitrogens is 2. The first-order valence-corrected chi connectivity index (χ1v) is 5.55. The molecule has 1 aromatic rings. The lowest BCUT2D eigenvalue weighted by molar-refractivity contribution is 0.0690. The van der Waals surface area contributed by atoms with Crippen molar-refractivity contribution in [1.82, 2.24) is 9.97 Å². The fraction of sp³-hybridized carbons (Fsp3) is 0.545. The van der Waals surface area contributed by atoms with Crippen LogP contribution < -0.4 is 5.32 Å². The van der Waals surface area contributed by atoms with E-state index in [2.05, 4.69) is 15.3 Å². The summed E-state index contributed by atoms with van der Waals surface area (Å²) in [5.74, 6) is -0.483. The van der Waals surface area contributed by atoms with Crippen molar-refractivity contribution in [2.75, 3.05) is 12.4 Å². The Morgan fingerprint density at radius 3 is 2.88 bits per heavy atom. The summed E-state index contributed by atoms with van der Waals surface area (Å²) >= 11 is 0. The maximum Gasteiger partial charge on any atom is 0.356 e. The molecule has 92 valence electrons. The summed E-state index contributed by atoms with van der Waals surface area (Å²) in [6, 6.07) is 0.227. The number of nitrogens with zero attached hydrogens (tertiary/aromatic N) is 2. The van der Waals surface area contributed by atoms with Crippen LogP contribution in [0, 0.1) is 0 Å². The normalized spacial score (nSPS) is 23.6. The Hall–Kier alpha value is -1.69. The molecule has 2 atom stereocenters. The van der Waals surface area contributed by atoms with E-state index >= 15 is 0 Å². The second kappa shape index (κ2) is 5.09. The first-order chi connectivity index (χ1) is 8.20. The van der Waals surface area contributed by atoms with Gasteiger partial charge in [-0.05, 0) is 19.3 Å². The maximum absolute atomic E-state index is 10.6. The van der Waals surface area contributed by atoms with Crippen LogP contribution in [0.3, 0.4) is 0 Å². The van der Waals surface area contributed by atoms with E-state index in [-0.39, 0.29) is 17.8 Å². The standard InChI is InChI=1S/C11H15N3O3/c1-17-9-4-2-3-7(9)14-10-6-12-8(5-13-10)11(15)16/h5-7,9H,2-4H2,1H3,(H,13,14)(H,15,16). The molecule has 1 saturated carbocycles. The van der Waals surface area contributed by atoms with Gasteiger partial charge >= 0.3 is 5.97 Å². The second-order valence-corrected chi connectivity index (χ2v) is 4.05. The van der Waals surface area contributed by atoms with Crippen molar-refractivity contribution in [3.8, 4) is 0 Å². The van der Waals surface area contributed by atoms with Crippen LogP contribution in [0.4, 0.5) is 5.82 Å². The number of rotatable bonds is 4. The minimum Gasteiger partial charge on any atom is -0.476 e. The molecular formula is C11H15N3O3. The molecule has 1 fully saturated rings. The predicted molar refractivity (Wildman–Crippen MR) is 61.1 cm³/mol. The summed E-state index contributed by atoms with van der Waals surface area (Å²) in [5.41, 5.74) is -0.0507. The second-order valence-electron chi connectivity index (χ2n) is 4.05. The molecule has 0 aromatic carbocycles. The summed E-state index contributed by atoms with van der Waals surface area (Å²) in [6.07, 6.45) is 6.07. The molecule has 2 rings (SSSR count). The Kier molecular flexibility index (Phi) is 3.53. The largest absolute Gasteiger partial charge is 0.476 e. The van der Waals surface area contributed by atoms with Gasteiger partial charge in [0.05, 0.1) is 24.5 Å². The van der Waals surface area contributed by atoms with E-state index in [1.807, 2.05) is 0 Å². The van der Waals surface area contributed by atoms with E-state index in [0.29, 0.717) is 5.82 Å². The SMILES string of the molecule is COC1CCCC1Nc1cnc(C(=O)O)cn1. The number of hydrogen-bond donors (Lipinski definition) is 2. The molecule has 2 unspecified atom stereocenters. The van der Waals surface area contributed by atoms with Crippen molar-refractivity contribution in [1.29, 1.82) is 0 Å². The smallest absolute Gasteiger partial charge is 0.356 e. The number of aromatic carboxylic acids is 1. The van der Waals surface area contributed by atoms with Gasteiger partial charge in [-0.3, -0.25) is 0 Å². The van der Waals surface area contributed by atoms with E-state index < -0.39 is 5.97 Å². The molecule has 0 spiro atoms. The van der Waals surface area contributed by atoms with Gasteiger partial charge in [0.25, 0.3) is 0 Å². The lowest BCUT2D eigenvalue weighted by Gasteiger charge is -2.19. The number of methoxy groups -OCH3 is 1. The van der Waals surface area contributed by atoms with Crippen LogP contribution in [0.2, 0.25) is 0 Å². The van der Waals surface area contributed by atoms with Crippen LogP contribution in [0.5, 0.6) is 0 Å². The quantitative estimate of drug-likeness (QED) is 0.817. The summed E-state index contributed by atoms with van der Waals surface area (Å²) < 4.78 is 5.35. The fourth-order valence-electron chi connectivity index (χ4n) is 2.08. The minimum atomic E-state index is -1.07. The van der Waals surface area contributed by atoms with Gasteiger partial charge in [0, 0.05) is 7.11 Å². The Bertz CT molecular complexity index is 393. The van der Waals surface area contributed by atoms with E-state index in [9.17, 15) is 4.79 Å². The first kappa shape index (κ1) is 11.8. The van der Waals surface area contributed by atoms with Crippen LogP contribution in [0.1, 0.15) is 29.8 Å². The van der Waals surface area contributed by atoms with Crippen LogP contribution in [-0.2, 0) is 4.74 Å². The molecule has 1 aliphatic rings. The lowest BCUT2D eigenvalue weighted by Crippen LogP contribution is -2.30. The molecular weight excluding hydrogens is 222 g/mol. The third-order valence-corrected chi connectivity index (χ3v) is 2.96. The number of carboxylic acid groups (broad SMARTS) is 1. The summed E-state index contributed by atoms with van der Waals surface area (Å²) in [5, 5.41) is 11.9. The highest BCUT2D eigenvalue weighted by atomic mass is 16.5. The molecule has 1 aromatic heterocycles. The van der Waals surface area contributed by atoms with Crippen LogP contribution in [-0.4, -0.2) is 40.3 Å². The van der Waals surface area contributed by atoms with Crippen molar-refractivity contribution in [3.63, 3.8) is 0 Å².